The lowest BCUT2D eigenvalue weighted by atomic mass is 10.1. The lowest BCUT2D eigenvalue weighted by molar-refractivity contribution is 0.0735. The average molecular weight is 309 g/mol. The Morgan fingerprint density at radius 3 is 2.57 bits per heavy atom. The van der Waals surface area contributed by atoms with Gasteiger partial charge in [-0.25, -0.2) is 9.18 Å². The van der Waals surface area contributed by atoms with Crippen LogP contribution in [0.25, 0.3) is 11.3 Å². The summed E-state index contributed by atoms with van der Waals surface area (Å²) in [6, 6.07) is 16.9. The number of nitrogens with one attached hydrogen (secondary N) is 1. The van der Waals surface area contributed by atoms with E-state index in [0.29, 0.717) is 11.3 Å². The Kier molecular flexibility index (Phi) is 4.24. The molecular weight excluding hydrogens is 293 g/mol. The predicted molar refractivity (Wildman–Crippen MR) is 87.0 cm³/mol. The molecule has 0 aliphatic rings. The van der Waals surface area contributed by atoms with Crippen LogP contribution in [-0.2, 0) is 6.42 Å². The molecule has 0 saturated carbocycles. The van der Waals surface area contributed by atoms with Crippen LogP contribution in [0.1, 0.15) is 23.0 Å². The summed E-state index contributed by atoms with van der Waals surface area (Å²) in [7, 11) is 0. The minimum Gasteiger partial charge on any atom is -0.423 e. The van der Waals surface area contributed by atoms with Gasteiger partial charge in [0.1, 0.15) is 11.6 Å². The van der Waals surface area contributed by atoms with E-state index in [1.54, 1.807) is 12.1 Å². The van der Waals surface area contributed by atoms with Gasteiger partial charge in [-0.3, -0.25) is 0 Å². The molecule has 0 unspecified atom stereocenters. The van der Waals surface area contributed by atoms with Gasteiger partial charge < -0.3 is 9.72 Å². The van der Waals surface area contributed by atoms with Crippen LogP contribution >= 0.6 is 0 Å². The summed E-state index contributed by atoms with van der Waals surface area (Å²) >= 11 is 0. The second-order valence-corrected chi connectivity index (χ2v) is 5.15. The summed E-state index contributed by atoms with van der Waals surface area (Å²) in [5.41, 5.74) is 3.00. The molecule has 1 N–H and O–H groups in total. The molecule has 23 heavy (non-hydrogen) atoms. The third kappa shape index (κ3) is 3.31. The molecule has 0 bridgehead atoms. The first-order valence-electron chi connectivity index (χ1n) is 7.42. The third-order valence-electron chi connectivity index (χ3n) is 3.54. The number of hydrogen-bond acceptors (Lipinski definition) is 2. The standard InChI is InChI=1S/C19H16FNO2/c1-2-15-12-17(18(21-15)13-7-4-3-5-8-13)19(22)23-16-10-6-9-14(20)11-16/h3-12,21H,2H2,1H3. The van der Waals surface area contributed by atoms with Crippen LogP contribution in [-0.4, -0.2) is 11.0 Å². The van der Waals surface area contributed by atoms with Crippen molar-refractivity contribution in [1.29, 1.82) is 0 Å². The molecule has 0 aliphatic heterocycles. The zero-order valence-electron chi connectivity index (χ0n) is 12.7. The highest BCUT2D eigenvalue weighted by molar-refractivity contribution is 5.98. The van der Waals surface area contributed by atoms with Crippen LogP contribution in [0.5, 0.6) is 5.75 Å². The van der Waals surface area contributed by atoms with Gasteiger partial charge in [-0.05, 0) is 30.2 Å². The molecule has 2 aromatic carbocycles. The van der Waals surface area contributed by atoms with Crippen molar-refractivity contribution in [2.24, 2.45) is 0 Å². The van der Waals surface area contributed by atoms with Gasteiger partial charge in [0.05, 0.1) is 11.3 Å². The highest BCUT2D eigenvalue weighted by Crippen LogP contribution is 2.25. The molecule has 3 nitrogen and oxygen atoms in total. The van der Waals surface area contributed by atoms with Gasteiger partial charge in [-0.1, -0.05) is 43.3 Å². The second-order valence-electron chi connectivity index (χ2n) is 5.15. The minimum absolute atomic E-state index is 0.188. The molecule has 0 aliphatic carbocycles. The molecular formula is C19H16FNO2. The molecule has 0 spiro atoms. The minimum atomic E-state index is -0.509. The highest BCUT2D eigenvalue weighted by Gasteiger charge is 2.18. The van der Waals surface area contributed by atoms with E-state index in [4.69, 9.17) is 4.74 Å². The molecule has 0 amide bonds. The topological polar surface area (TPSA) is 42.1 Å². The molecule has 0 fully saturated rings. The number of aryl methyl sites for hydroxylation is 1. The van der Waals surface area contributed by atoms with Gasteiger partial charge in [0.2, 0.25) is 0 Å². The fraction of sp³-hybridized carbons (Fsp3) is 0.105. The van der Waals surface area contributed by atoms with Crippen LogP contribution in [0.2, 0.25) is 0 Å². The van der Waals surface area contributed by atoms with E-state index in [2.05, 4.69) is 4.98 Å². The van der Waals surface area contributed by atoms with Crippen LogP contribution in [0, 0.1) is 5.82 Å². The summed E-state index contributed by atoms with van der Waals surface area (Å²) < 4.78 is 18.5. The first-order chi connectivity index (χ1) is 11.2. The number of benzene rings is 2. The molecule has 1 heterocycles. The Bertz CT molecular complexity index is 824. The molecule has 1 aromatic heterocycles. The normalized spacial score (nSPS) is 10.5. The molecule has 4 heteroatoms. The molecule has 116 valence electrons. The summed E-state index contributed by atoms with van der Waals surface area (Å²) in [6.45, 7) is 2.00. The van der Waals surface area contributed by atoms with Gasteiger partial charge >= 0.3 is 5.97 Å². The number of carbonyl (C=O) groups excluding carboxylic acids is 1. The number of halogens is 1. The monoisotopic (exact) mass is 309 g/mol. The van der Waals surface area contributed by atoms with Gasteiger partial charge in [-0.2, -0.15) is 0 Å². The Morgan fingerprint density at radius 2 is 1.87 bits per heavy atom. The van der Waals surface area contributed by atoms with Gasteiger partial charge in [-0.15, -0.1) is 0 Å². The Labute approximate surface area is 133 Å². The lowest BCUT2D eigenvalue weighted by Gasteiger charge is -2.06. The van der Waals surface area contributed by atoms with E-state index in [0.717, 1.165) is 17.7 Å². The predicted octanol–water partition coefficient (Wildman–Crippen LogP) is 4.60. The highest BCUT2D eigenvalue weighted by atomic mass is 19.1. The fourth-order valence-electron chi connectivity index (χ4n) is 2.39. The molecule has 0 saturated heterocycles. The van der Waals surface area contributed by atoms with Gasteiger partial charge in [0.15, 0.2) is 0 Å². The maximum atomic E-state index is 13.2. The van der Waals surface area contributed by atoms with Crippen LogP contribution in [0.4, 0.5) is 4.39 Å². The first kappa shape index (κ1) is 15.0. The van der Waals surface area contributed by atoms with Crippen molar-refractivity contribution < 1.29 is 13.9 Å². The number of rotatable bonds is 4. The first-order valence-corrected chi connectivity index (χ1v) is 7.42. The third-order valence-corrected chi connectivity index (χ3v) is 3.54. The molecule has 0 radical (unpaired) electrons. The Hall–Kier alpha value is -2.88. The quantitative estimate of drug-likeness (QED) is 0.565. The summed E-state index contributed by atoms with van der Waals surface area (Å²) in [5.74, 6) is -0.763. The average Bonchev–Trinajstić information content (AvgIpc) is 3.00. The van der Waals surface area contributed by atoms with Crippen molar-refractivity contribution in [3.8, 4) is 17.0 Å². The summed E-state index contributed by atoms with van der Waals surface area (Å²) in [5, 5.41) is 0. The van der Waals surface area contributed by atoms with Crippen molar-refractivity contribution in [3.05, 3.63) is 77.7 Å². The van der Waals surface area contributed by atoms with Crippen molar-refractivity contribution in [2.75, 3.05) is 0 Å². The largest absolute Gasteiger partial charge is 0.423 e. The van der Waals surface area contributed by atoms with Gasteiger partial charge in [0, 0.05) is 11.8 Å². The van der Waals surface area contributed by atoms with Crippen molar-refractivity contribution >= 4 is 5.97 Å². The summed E-state index contributed by atoms with van der Waals surface area (Å²) in [4.78, 5) is 15.7. The van der Waals surface area contributed by atoms with Crippen molar-refractivity contribution in [1.82, 2.24) is 4.98 Å². The maximum absolute atomic E-state index is 13.2. The van der Waals surface area contributed by atoms with Crippen molar-refractivity contribution in [3.63, 3.8) is 0 Å². The van der Waals surface area contributed by atoms with E-state index >= 15 is 0 Å². The zero-order chi connectivity index (χ0) is 16.2. The van der Waals surface area contributed by atoms with Crippen molar-refractivity contribution in [2.45, 2.75) is 13.3 Å². The van der Waals surface area contributed by atoms with Gasteiger partial charge in [0.25, 0.3) is 0 Å². The number of esters is 1. The van der Waals surface area contributed by atoms with E-state index in [9.17, 15) is 9.18 Å². The zero-order valence-corrected chi connectivity index (χ0v) is 12.7. The number of aromatic nitrogens is 1. The van der Waals surface area contributed by atoms with E-state index < -0.39 is 11.8 Å². The lowest BCUT2D eigenvalue weighted by Crippen LogP contribution is -2.09. The van der Waals surface area contributed by atoms with Crippen LogP contribution in [0.15, 0.2) is 60.7 Å². The number of aromatic amines is 1. The Balaban J connectivity index is 1.95. The molecule has 3 rings (SSSR count). The van der Waals surface area contributed by atoms with E-state index in [1.165, 1.54) is 18.2 Å². The maximum Gasteiger partial charge on any atom is 0.345 e. The van der Waals surface area contributed by atoms with Crippen LogP contribution < -0.4 is 4.74 Å². The molecule has 3 aromatic rings. The number of ether oxygens (including phenoxy) is 1. The number of hydrogen-bond donors (Lipinski definition) is 1. The Morgan fingerprint density at radius 1 is 1.09 bits per heavy atom. The fourth-order valence-corrected chi connectivity index (χ4v) is 2.39. The number of H-pyrrole nitrogens is 1. The number of carbonyl (C=O) groups is 1. The smallest absolute Gasteiger partial charge is 0.345 e. The van der Waals surface area contributed by atoms with E-state index in [1.807, 2.05) is 37.3 Å². The van der Waals surface area contributed by atoms with E-state index in [-0.39, 0.29) is 5.75 Å². The second kappa shape index (κ2) is 6.48. The summed E-state index contributed by atoms with van der Waals surface area (Å²) in [6.07, 6.45) is 0.771. The SMILES string of the molecule is CCc1cc(C(=O)Oc2cccc(F)c2)c(-c2ccccc2)[nH]1. The van der Waals surface area contributed by atoms with Crippen LogP contribution in [0.3, 0.4) is 0 Å². The molecule has 0 atom stereocenters.